The molecule has 5 nitrogen and oxygen atoms in total. The summed E-state index contributed by atoms with van der Waals surface area (Å²) < 4.78 is 28.7. The van der Waals surface area contributed by atoms with E-state index in [-0.39, 0.29) is 33.3 Å². The van der Waals surface area contributed by atoms with Gasteiger partial charge in [0.2, 0.25) is 0 Å². The highest BCUT2D eigenvalue weighted by Crippen LogP contribution is 2.32. The molecule has 2 N–H and O–H groups in total. The molecule has 0 spiro atoms. The number of rotatable bonds is 4. The Hall–Kier alpha value is -3.45. The third-order valence-corrected chi connectivity index (χ3v) is 5.63. The van der Waals surface area contributed by atoms with Crippen molar-refractivity contribution in [2.24, 2.45) is 0 Å². The maximum absolute atomic E-state index is 14.4. The second-order valence-corrected chi connectivity index (χ2v) is 7.89. The maximum Gasteiger partial charge on any atom is 0.259 e. The van der Waals surface area contributed by atoms with Crippen LogP contribution in [0.1, 0.15) is 33.6 Å². The van der Waals surface area contributed by atoms with E-state index in [9.17, 15) is 23.5 Å². The van der Waals surface area contributed by atoms with E-state index in [1.807, 2.05) is 0 Å². The number of carbonyl (C=O) groups excluding carboxylic acids is 2. The Kier molecular flexibility index (Phi) is 6.10. The van der Waals surface area contributed by atoms with Crippen LogP contribution >= 0.6 is 11.6 Å². The molecule has 1 heterocycles. The zero-order valence-corrected chi connectivity index (χ0v) is 17.6. The zero-order valence-electron chi connectivity index (χ0n) is 16.9. The highest BCUT2D eigenvalue weighted by molar-refractivity contribution is 6.33. The summed E-state index contributed by atoms with van der Waals surface area (Å²) in [5.74, 6) is -3.49. The van der Waals surface area contributed by atoms with Crippen LogP contribution < -0.4 is 5.32 Å². The molecular formula is C24H19ClF2N2O3. The number of phenolic OH excluding ortho intramolecular Hbond substituents is 1. The van der Waals surface area contributed by atoms with Gasteiger partial charge in [0.15, 0.2) is 0 Å². The van der Waals surface area contributed by atoms with Gasteiger partial charge in [-0.25, -0.2) is 8.78 Å². The van der Waals surface area contributed by atoms with E-state index in [1.165, 1.54) is 18.2 Å². The molecule has 0 radical (unpaired) electrons. The lowest BCUT2D eigenvalue weighted by molar-refractivity contribution is 0.0793. The summed E-state index contributed by atoms with van der Waals surface area (Å²) in [7, 11) is 0. The Morgan fingerprint density at radius 3 is 2.34 bits per heavy atom. The fourth-order valence-corrected chi connectivity index (χ4v) is 3.89. The molecular weight excluding hydrogens is 438 g/mol. The molecule has 164 valence electrons. The van der Waals surface area contributed by atoms with Gasteiger partial charge in [-0.3, -0.25) is 9.59 Å². The topological polar surface area (TPSA) is 69.6 Å². The highest BCUT2D eigenvalue weighted by Gasteiger charge is 2.24. The van der Waals surface area contributed by atoms with Crippen molar-refractivity contribution in [2.75, 3.05) is 18.4 Å². The molecule has 3 aromatic carbocycles. The van der Waals surface area contributed by atoms with E-state index >= 15 is 0 Å². The first-order valence-corrected chi connectivity index (χ1v) is 10.4. The molecule has 2 amide bonds. The van der Waals surface area contributed by atoms with E-state index < -0.39 is 23.3 Å². The average molecular weight is 457 g/mol. The van der Waals surface area contributed by atoms with Crippen LogP contribution in [-0.2, 0) is 0 Å². The zero-order chi connectivity index (χ0) is 22.8. The van der Waals surface area contributed by atoms with Crippen molar-refractivity contribution in [3.8, 4) is 16.9 Å². The Morgan fingerprint density at radius 1 is 0.969 bits per heavy atom. The number of benzene rings is 3. The first-order valence-electron chi connectivity index (χ1n) is 10.0. The fraction of sp³-hybridized carbons (Fsp3) is 0.167. The van der Waals surface area contributed by atoms with E-state index in [1.54, 1.807) is 35.2 Å². The Balaban J connectivity index is 1.66. The number of halogens is 3. The largest absolute Gasteiger partial charge is 0.506 e. The third-order valence-electron chi connectivity index (χ3n) is 5.34. The first kappa shape index (κ1) is 21.8. The average Bonchev–Trinajstić information content (AvgIpc) is 3.32. The minimum Gasteiger partial charge on any atom is -0.506 e. The van der Waals surface area contributed by atoms with Crippen molar-refractivity contribution in [1.29, 1.82) is 0 Å². The van der Waals surface area contributed by atoms with Gasteiger partial charge >= 0.3 is 0 Å². The second kappa shape index (κ2) is 8.96. The quantitative estimate of drug-likeness (QED) is 0.546. The summed E-state index contributed by atoms with van der Waals surface area (Å²) in [6, 6.07) is 12.8. The highest BCUT2D eigenvalue weighted by atomic mass is 35.5. The lowest BCUT2D eigenvalue weighted by Gasteiger charge is -2.17. The van der Waals surface area contributed by atoms with Crippen molar-refractivity contribution in [3.63, 3.8) is 0 Å². The molecule has 0 aliphatic carbocycles. The standard InChI is InChI=1S/C24H19ClF2N2O3/c25-18-11-15(24(32)29-8-4-5-9-29)10-17(22(18)30)23(31)28-21-12-16(19(26)13-20(21)27)14-6-2-1-3-7-14/h1-3,6-7,10-13,30H,4-5,8-9H2,(H,28,31). The number of nitrogens with one attached hydrogen (secondary N) is 1. The molecule has 0 saturated carbocycles. The van der Waals surface area contributed by atoms with Crippen LogP contribution in [0, 0.1) is 11.6 Å². The summed E-state index contributed by atoms with van der Waals surface area (Å²) in [5, 5.41) is 12.5. The van der Waals surface area contributed by atoms with Gasteiger partial charge in [-0.2, -0.15) is 0 Å². The van der Waals surface area contributed by atoms with Crippen LogP contribution in [0.4, 0.5) is 14.5 Å². The Labute approximate surface area is 188 Å². The molecule has 1 aliphatic rings. The number of likely N-dealkylation sites (tertiary alicyclic amines) is 1. The van der Waals surface area contributed by atoms with E-state index in [2.05, 4.69) is 5.32 Å². The number of carbonyl (C=O) groups is 2. The first-order chi connectivity index (χ1) is 15.3. The van der Waals surface area contributed by atoms with Crippen LogP contribution in [0.25, 0.3) is 11.1 Å². The number of nitrogens with zero attached hydrogens (tertiary/aromatic N) is 1. The molecule has 1 aliphatic heterocycles. The van der Waals surface area contributed by atoms with Crippen molar-refractivity contribution in [1.82, 2.24) is 4.90 Å². The van der Waals surface area contributed by atoms with Crippen molar-refractivity contribution >= 4 is 29.1 Å². The van der Waals surface area contributed by atoms with Gasteiger partial charge in [-0.15, -0.1) is 0 Å². The SMILES string of the molecule is O=C(Nc1cc(-c2ccccc2)c(F)cc1F)c1cc(C(=O)N2CCCC2)cc(Cl)c1O. The number of hydrogen-bond acceptors (Lipinski definition) is 3. The molecule has 1 fully saturated rings. The van der Waals surface area contributed by atoms with Crippen LogP contribution in [0.2, 0.25) is 5.02 Å². The van der Waals surface area contributed by atoms with Crippen LogP contribution in [-0.4, -0.2) is 34.9 Å². The van der Waals surface area contributed by atoms with Crippen molar-refractivity contribution < 1.29 is 23.5 Å². The molecule has 32 heavy (non-hydrogen) atoms. The van der Waals surface area contributed by atoms with Crippen LogP contribution in [0.3, 0.4) is 0 Å². The lowest BCUT2D eigenvalue weighted by Crippen LogP contribution is -2.28. The van der Waals surface area contributed by atoms with Gasteiger partial charge < -0.3 is 15.3 Å². The fourth-order valence-electron chi connectivity index (χ4n) is 3.67. The number of amides is 2. The molecule has 0 aromatic heterocycles. The third kappa shape index (κ3) is 4.29. The normalized spacial score (nSPS) is 13.3. The molecule has 0 atom stereocenters. The Morgan fingerprint density at radius 2 is 1.66 bits per heavy atom. The van der Waals surface area contributed by atoms with E-state index in [4.69, 9.17) is 11.6 Å². The summed E-state index contributed by atoms with van der Waals surface area (Å²) in [4.78, 5) is 27.2. The molecule has 0 bridgehead atoms. The van der Waals surface area contributed by atoms with Gasteiger partial charge in [0.05, 0.1) is 16.3 Å². The molecule has 0 unspecified atom stereocenters. The van der Waals surface area contributed by atoms with Crippen LogP contribution in [0.15, 0.2) is 54.6 Å². The van der Waals surface area contributed by atoms with Crippen molar-refractivity contribution in [2.45, 2.75) is 12.8 Å². The summed E-state index contributed by atoms with van der Waals surface area (Å²) in [5.41, 5.74) is 0.184. The molecule has 3 aromatic rings. The predicted octanol–water partition coefficient (Wildman–Crippen LogP) is 5.48. The smallest absolute Gasteiger partial charge is 0.259 e. The minimum absolute atomic E-state index is 0.0996. The number of phenols is 1. The van der Waals surface area contributed by atoms with Gasteiger partial charge in [-0.05, 0) is 36.6 Å². The number of aromatic hydroxyl groups is 1. The Bertz CT molecular complexity index is 1200. The van der Waals surface area contributed by atoms with E-state index in [0.717, 1.165) is 12.8 Å². The summed E-state index contributed by atoms with van der Waals surface area (Å²) in [6.07, 6.45) is 1.77. The maximum atomic E-state index is 14.4. The monoisotopic (exact) mass is 456 g/mol. The van der Waals surface area contributed by atoms with E-state index in [0.29, 0.717) is 24.7 Å². The van der Waals surface area contributed by atoms with Gasteiger partial charge in [-0.1, -0.05) is 41.9 Å². The lowest BCUT2D eigenvalue weighted by atomic mass is 10.0. The molecule has 1 saturated heterocycles. The van der Waals surface area contributed by atoms with Gasteiger partial charge in [0.25, 0.3) is 11.8 Å². The predicted molar refractivity (Wildman–Crippen MR) is 118 cm³/mol. The summed E-state index contributed by atoms with van der Waals surface area (Å²) in [6.45, 7) is 1.20. The van der Waals surface area contributed by atoms with Gasteiger partial charge in [0.1, 0.15) is 17.4 Å². The second-order valence-electron chi connectivity index (χ2n) is 7.49. The summed E-state index contributed by atoms with van der Waals surface area (Å²) >= 11 is 6.05. The minimum atomic E-state index is -0.981. The van der Waals surface area contributed by atoms with Crippen molar-refractivity contribution in [3.05, 3.63) is 82.4 Å². The molecule has 4 rings (SSSR count). The molecule has 8 heteroatoms. The van der Waals surface area contributed by atoms with Crippen LogP contribution in [0.5, 0.6) is 5.75 Å². The number of anilines is 1. The number of hydrogen-bond donors (Lipinski definition) is 2. The van der Waals surface area contributed by atoms with Gasteiger partial charge in [0, 0.05) is 30.3 Å².